The summed E-state index contributed by atoms with van der Waals surface area (Å²) in [5, 5.41) is 29.6. The zero-order valence-electron chi connectivity index (χ0n) is 22.2. The third-order valence-electron chi connectivity index (χ3n) is 6.23. The average Bonchev–Trinajstić information content (AvgIpc) is 2.87. The van der Waals surface area contributed by atoms with Crippen LogP contribution < -0.4 is 17.1 Å². The van der Waals surface area contributed by atoms with Crippen molar-refractivity contribution in [3.05, 3.63) is 44.1 Å². The fourth-order valence-electron chi connectivity index (χ4n) is 3.56. The van der Waals surface area contributed by atoms with E-state index in [0.29, 0.717) is 22.5 Å². The molecule has 0 spiro atoms. The summed E-state index contributed by atoms with van der Waals surface area (Å²) in [6.07, 6.45) is 0.886. The lowest BCUT2D eigenvalue weighted by Crippen LogP contribution is -2.56. The number of aliphatic carboxylic acids is 1. The summed E-state index contributed by atoms with van der Waals surface area (Å²) in [6.45, 7) is 8.02. The molecule has 0 bridgehead atoms. The van der Waals surface area contributed by atoms with Crippen molar-refractivity contribution >= 4 is 33.5 Å². The number of nitrogens with zero attached hydrogens (tertiary/aromatic N) is 3. The number of aliphatic hydroxyl groups excluding tert-OH is 2. The third-order valence-corrected chi connectivity index (χ3v) is 8.64. The number of carbonyl (C=O) groups is 2. The Kier molecular flexibility index (Phi) is 14.8. The molecule has 0 amide bonds. The van der Waals surface area contributed by atoms with Gasteiger partial charge in [0.15, 0.2) is 0 Å². The Labute approximate surface area is 229 Å². The second-order valence-electron chi connectivity index (χ2n) is 9.22. The molecule has 0 radical (unpaired) electrons. The van der Waals surface area contributed by atoms with Crippen molar-refractivity contribution in [3.8, 4) is 0 Å². The first kappa shape index (κ1) is 33.7. The van der Waals surface area contributed by atoms with Crippen LogP contribution >= 0.6 is 21.6 Å². The average molecular weight is 578 g/mol. The topological polar surface area (TPSA) is 170 Å². The van der Waals surface area contributed by atoms with Gasteiger partial charge in [0.05, 0.1) is 38.6 Å². The molecule has 2 atom stereocenters. The van der Waals surface area contributed by atoms with Gasteiger partial charge in [-0.3, -0.25) is 9.59 Å². The van der Waals surface area contributed by atoms with Gasteiger partial charge in [-0.1, -0.05) is 61.3 Å². The lowest BCUT2D eigenvalue weighted by Gasteiger charge is -2.29. The minimum Gasteiger partial charge on any atom is -0.481 e. The molecule has 216 valence electrons. The van der Waals surface area contributed by atoms with Crippen LogP contribution in [0.15, 0.2) is 27.0 Å². The largest absolute Gasteiger partial charge is 0.481 e. The summed E-state index contributed by atoms with van der Waals surface area (Å²) in [6, 6.07) is 0. The Morgan fingerprint density at radius 3 is 1.95 bits per heavy atom. The predicted molar refractivity (Wildman–Crippen MR) is 147 cm³/mol. The maximum absolute atomic E-state index is 13.1. The molecule has 3 N–H and O–H groups in total. The second-order valence-corrected chi connectivity index (χ2v) is 11.9. The van der Waals surface area contributed by atoms with E-state index in [2.05, 4.69) is 6.58 Å². The standard InChI is InChI=1S/C24H39N3O9S2/c1-5-10-25-21(33)26(14-17(28)13-24(4,6-2)7-3)23(35)27(22(25)34)15-18(29)16-36-20(32)9-12-38-37-11-8-19(30)31/h5,17-18,28-29H,1,6-16H2,2-4H3,(H,30,31). The normalized spacial score (nSPS) is 13.2. The SMILES string of the molecule is C=CCn1c(=O)n(CC(O)COC(=O)CCSSCCC(=O)O)c(=O)n(CC(O)CC(C)(CC)CC)c1=O. The zero-order chi connectivity index (χ0) is 28.9. The van der Waals surface area contributed by atoms with Crippen LogP contribution in [0.5, 0.6) is 0 Å². The molecular weight excluding hydrogens is 538 g/mol. The molecule has 14 heteroatoms. The Bertz CT molecular complexity index is 1110. The van der Waals surface area contributed by atoms with E-state index in [-0.39, 0.29) is 31.3 Å². The van der Waals surface area contributed by atoms with Crippen LogP contribution in [0.1, 0.15) is 52.9 Å². The van der Waals surface area contributed by atoms with Crippen molar-refractivity contribution in [2.75, 3.05) is 18.1 Å². The molecule has 1 aromatic heterocycles. The van der Waals surface area contributed by atoms with Crippen LogP contribution in [0, 0.1) is 5.41 Å². The van der Waals surface area contributed by atoms with Crippen molar-refractivity contribution in [1.29, 1.82) is 0 Å². The highest BCUT2D eigenvalue weighted by Gasteiger charge is 2.26. The monoisotopic (exact) mass is 577 g/mol. The number of carboxylic acid groups (broad SMARTS) is 1. The van der Waals surface area contributed by atoms with Crippen LogP contribution in [0.3, 0.4) is 0 Å². The number of rotatable bonds is 19. The first-order chi connectivity index (χ1) is 17.9. The molecule has 1 heterocycles. The van der Waals surface area contributed by atoms with Crippen LogP contribution in [0.2, 0.25) is 0 Å². The number of hydrogen-bond donors (Lipinski definition) is 3. The number of aliphatic hydroxyl groups is 2. The summed E-state index contributed by atoms with van der Waals surface area (Å²) in [5.74, 6) is -0.714. The Morgan fingerprint density at radius 2 is 1.45 bits per heavy atom. The highest BCUT2D eigenvalue weighted by Crippen LogP contribution is 2.31. The number of esters is 1. The number of aromatic nitrogens is 3. The Hall–Kier alpha value is -2.29. The summed E-state index contributed by atoms with van der Waals surface area (Å²) in [7, 11) is 2.64. The molecule has 0 saturated heterocycles. The number of hydrogen-bond acceptors (Lipinski definition) is 10. The van der Waals surface area contributed by atoms with Crippen molar-refractivity contribution in [2.45, 2.75) is 84.7 Å². The zero-order valence-corrected chi connectivity index (χ0v) is 23.8. The fourth-order valence-corrected chi connectivity index (χ4v) is 5.51. The molecule has 12 nitrogen and oxygen atoms in total. The minimum atomic E-state index is -1.40. The maximum atomic E-state index is 13.1. The van der Waals surface area contributed by atoms with E-state index in [1.165, 1.54) is 27.7 Å². The van der Waals surface area contributed by atoms with Crippen molar-refractivity contribution in [2.24, 2.45) is 5.41 Å². The molecule has 38 heavy (non-hydrogen) atoms. The van der Waals surface area contributed by atoms with Gasteiger partial charge in [-0.05, 0) is 11.8 Å². The van der Waals surface area contributed by atoms with E-state index < -0.39 is 54.4 Å². The van der Waals surface area contributed by atoms with Gasteiger partial charge in [0.25, 0.3) is 0 Å². The number of carboxylic acids is 1. The van der Waals surface area contributed by atoms with E-state index in [0.717, 1.165) is 22.0 Å². The van der Waals surface area contributed by atoms with Gasteiger partial charge >= 0.3 is 29.0 Å². The predicted octanol–water partition coefficient (Wildman–Crippen LogP) is 1.09. The molecule has 0 aliphatic heterocycles. The molecule has 2 unspecified atom stereocenters. The van der Waals surface area contributed by atoms with Crippen molar-refractivity contribution in [3.63, 3.8) is 0 Å². The van der Waals surface area contributed by atoms with E-state index in [4.69, 9.17) is 9.84 Å². The summed E-state index contributed by atoms with van der Waals surface area (Å²) < 4.78 is 7.27. The number of carbonyl (C=O) groups excluding carboxylic acids is 1. The minimum absolute atomic E-state index is 0.0192. The molecule has 0 saturated carbocycles. The Morgan fingerprint density at radius 1 is 0.947 bits per heavy atom. The van der Waals surface area contributed by atoms with E-state index in [1.54, 1.807) is 0 Å². The molecule has 0 aliphatic carbocycles. The number of ether oxygens (including phenoxy) is 1. The summed E-state index contributed by atoms with van der Waals surface area (Å²) >= 11 is 0. The first-order valence-electron chi connectivity index (χ1n) is 12.4. The van der Waals surface area contributed by atoms with Crippen molar-refractivity contribution in [1.82, 2.24) is 13.7 Å². The van der Waals surface area contributed by atoms with Gasteiger partial charge in [0, 0.05) is 11.5 Å². The molecule has 0 aliphatic rings. The van der Waals surface area contributed by atoms with Gasteiger partial charge in [-0.2, -0.15) is 0 Å². The first-order valence-corrected chi connectivity index (χ1v) is 14.9. The van der Waals surface area contributed by atoms with Gasteiger partial charge in [-0.15, -0.1) is 6.58 Å². The van der Waals surface area contributed by atoms with E-state index >= 15 is 0 Å². The van der Waals surface area contributed by atoms with E-state index in [1.807, 2.05) is 20.8 Å². The van der Waals surface area contributed by atoms with Crippen molar-refractivity contribution < 1.29 is 29.6 Å². The van der Waals surface area contributed by atoms with Crippen LogP contribution in [-0.2, 0) is 34.0 Å². The highest BCUT2D eigenvalue weighted by molar-refractivity contribution is 8.76. The molecule has 0 aromatic carbocycles. The van der Waals surface area contributed by atoms with E-state index in [9.17, 15) is 34.2 Å². The quantitative estimate of drug-likeness (QED) is 0.0930. The van der Waals surface area contributed by atoms with Crippen LogP contribution in [0.25, 0.3) is 0 Å². The molecule has 0 fully saturated rings. The highest BCUT2D eigenvalue weighted by atomic mass is 33.1. The van der Waals surface area contributed by atoms with Crippen LogP contribution in [-0.4, -0.2) is 71.3 Å². The maximum Gasteiger partial charge on any atom is 0.336 e. The lowest BCUT2D eigenvalue weighted by atomic mass is 9.79. The van der Waals surface area contributed by atoms with Gasteiger partial charge in [0.2, 0.25) is 0 Å². The smallest absolute Gasteiger partial charge is 0.336 e. The fraction of sp³-hybridized carbons (Fsp3) is 0.708. The third kappa shape index (κ3) is 10.8. The number of allylic oxidation sites excluding steroid dienone is 1. The summed E-state index contributed by atoms with van der Waals surface area (Å²) in [5.41, 5.74) is -3.00. The molecule has 1 aromatic rings. The van der Waals surface area contributed by atoms with Crippen LogP contribution in [0.4, 0.5) is 0 Å². The molecule has 1 rings (SSSR count). The molecular formula is C24H39N3O9S2. The van der Waals surface area contributed by atoms with Gasteiger partial charge in [0.1, 0.15) is 12.7 Å². The second kappa shape index (κ2) is 16.6. The van der Waals surface area contributed by atoms with Gasteiger partial charge < -0.3 is 20.1 Å². The lowest BCUT2D eigenvalue weighted by molar-refractivity contribution is -0.146. The Balaban J connectivity index is 2.92. The van der Waals surface area contributed by atoms with Gasteiger partial charge in [-0.25, -0.2) is 28.1 Å². The summed E-state index contributed by atoms with van der Waals surface area (Å²) in [4.78, 5) is 61.2.